The Labute approximate surface area is 131 Å². The topological polar surface area (TPSA) is 62.2 Å². The average Bonchev–Trinajstić information content (AvgIpc) is 2.90. The van der Waals surface area contributed by atoms with Crippen molar-refractivity contribution < 1.29 is 9.90 Å². The van der Waals surface area contributed by atoms with Crippen molar-refractivity contribution in [1.82, 2.24) is 4.98 Å². The Morgan fingerprint density at radius 1 is 1.43 bits per heavy atom. The molecule has 4 nitrogen and oxygen atoms in total. The smallest absolute Gasteiger partial charge is 0.315 e. The molecule has 0 aromatic carbocycles. The Hall–Kier alpha value is -1.10. The van der Waals surface area contributed by atoms with Crippen LogP contribution in [0, 0.1) is 11.8 Å². The molecule has 0 spiro atoms. The van der Waals surface area contributed by atoms with Crippen molar-refractivity contribution in [2.75, 3.05) is 11.9 Å². The maximum atomic E-state index is 11.2. The molecular weight excluding hydrogens is 284 g/mol. The van der Waals surface area contributed by atoms with Crippen molar-refractivity contribution in [3.63, 3.8) is 0 Å². The Balaban J connectivity index is 1.79. The summed E-state index contributed by atoms with van der Waals surface area (Å²) in [5.41, 5.74) is -0.287. The number of thiazole rings is 1. The van der Waals surface area contributed by atoms with Crippen LogP contribution in [0.1, 0.15) is 58.6 Å². The molecule has 1 heterocycles. The molecule has 118 valence electrons. The highest BCUT2D eigenvalue weighted by atomic mass is 32.1. The van der Waals surface area contributed by atoms with E-state index < -0.39 is 11.4 Å². The van der Waals surface area contributed by atoms with Crippen LogP contribution >= 0.6 is 11.3 Å². The van der Waals surface area contributed by atoms with Crippen LogP contribution in [0.5, 0.6) is 0 Å². The Morgan fingerprint density at radius 3 is 2.71 bits per heavy atom. The van der Waals surface area contributed by atoms with Gasteiger partial charge in [-0.1, -0.05) is 32.6 Å². The summed E-state index contributed by atoms with van der Waals surface area (Å²) >= 11 is 1.50. The summed E-state index contributed by atoms with van der Waals surface area (Å²) in [6.45, 7) is 6.66. The quantitative estimate of drug-likeness (QED) is 0.829. The van der Waals surface area contributed by atoms with Gasteiger partial charge in [-0.15, -0.1) is 11.3 Å². The average molecular weight is 310 g/mol. The van der Waals surface area contributed by atoms with Gasteiger partial charge in [-0.05, 0) is 32.1 Å². The molecule has 1 aromatic rings. The summed E-state index contributed by atoms with van der Waals surface area (Å²) in [6.07, 6.45) is 6.59. The fourth-order valence-corrected chi connectivity index (χ4v) is 3.66. The van der Waals surface area contributed by atoms with Crippen molar-refractivity contribution in [3.05, 3.63) is 11.1 Å². The number of rotatable bonds is 6. The second-order valence-corrected chi connectivity index (χ2v) is 7.67. The van der Waals surface area contributed by atoms with E-state index in [-0.39, 0.29) is 0 Å². The van der Waals surface area contributed by atoms with Gasteiger partial charge >= 0.3 is 5.97 Å². The molecular formula is C16H26N2O2S. The van der Waals surface area contributed by atoms with Gasteiger partial charge in [0.25, 0.3) is 0 Å². The third-order valence-electron chi connectivity index (χ3n) is 4.64. The molecule has 0 saturated heterocycles. The van der Waals surface area contributed by atoms with Gasteiger partial charge in [-0.25, -0.2) is 4.98 Å². The van der Waals surface area contributed by atoms with E-state index in [1.807, 2.05) is 5.38 Å². The number of nitrogens with zero attached hydrogens (tertiary/aromatic N) is 1. The van der Waals surface area contributed by atoms with Gasteiger partial charge in [0.1, 0.15) is 5.41 Å². The Kier molecular flexibility index (Phi) is 5.25. The molecule has 0 radical (unpaired) electrons. The molecule has 2 N–H and O–H groups in total. The zero-order valence-corrected chi connectivity index (χ0v) is 14.0. The molecule has 1 saturated carbocycles. The van der Waals surface area contributed by atoms with E-state index in [4.69, 9.17) is 0 Å². The van der Waals surface area contributed by atoms with Crippen LogP contribution in [-0.4, -0.2) is 22.6 Å². The summed E-state index contributed by atoms with van der Waals surface area (Å²) in [6, 6.07) is 0. The van der Waals surface area contributed by atoms with Crippen molar-refractivity contribution in [2.24, 2.45) is 11.8 Å². The van der Waals surface area contributed by atoms with Crippen molar-refractivity contribution >= 4 is 22.4 Å². The third-order valence-corrected chi connectivity index (χ3v) is 5.44. The first-order valence-corrected chi connectivity index (χ1v) is 8.71. The number of hydrogen-bond acceptors (Lipinski definition) is 4. The lowest BCUT2D eigenvalue weighted by molar-refractivity contribution is -0.142. The fourth-order valence-electron chi connectivity index (χ4n) is 2.75. The minimum Gasteiger partial charge on any atom is -0.481 e. The summed E-state index contributed by atoms with van der Waals surface area (Å²) in [4.78, 5) is 15.6. The van der Waals surface area contributed by atoms with E-state index in [1.54, 1.807) is 13.8 Å². The van der Waals surface area contributed by atoms with E-state index in [0.29, 0.717) is 5.69 Å². The number of carboxylic acids is 1. The molecule has 1 fully saturated rings. The van der Waals surface area contributed by atoms with Crippen molar-refractivity contribution in [1.29, 1.82) is 0 Å². The van der Waals surface area contributed by atoms with E-state index in [1.165, 1.54) is 43.4 Å². The van der Waals surface area contributed by atoms with Gasteiger partial charge in [0.2, 0.25) is 0 Å². The van der Waals surface area contributed by atoms with Crippen LogP contribution in [0.2, 0.25) is 0 Å². The molecule has 2 rings (SSSR count). The predicted octanol–water partition coefficient (Wildman–Crippen LogP) is 4.13. The van der Waals surface area contributed by atoms with Crippen LogP contribution in [0.15, 0.2) is 5.38 Å². The third kappa shape index (κ3) is 4.19. The molecule has 0 amide bonds. The molecule has 1 aliphatic carbocycles. The van der Waals surface area contributed by atoms with Gasteiger partial charge in [0.15, 0.2) is 5.13 Å². The van der Waals surface area contributed by atoms with Gasteiger partial charge in [-0.2, -0.15) is 0 Å². The van der Waals surface area contributed by atoms with E-state index >= 15 is 0 Å². The first kappa shape index (κ1) is 16.3. The number of anilines is 1. The largest absolute Gasteiger partial charge is 0.481 e. The first-order chi connectivity index (χ1) is 9.89. The minimum absolute atomic E-state index is 0.633. The maximum absolute atomic E-state index is 11.2. The lowest BCUT2D eigenvalue weighted by atomic mass is 9.81. The standard InChI is InChI=1S/C16H26N2O2S/c1-11-4-6-12(7-5-11)8-9-17-15-18-13(10-21-15)16(2,3)14(19)20/h10-12H,4-9H2,1-3H3,(H,17,18)(H,19,20). The molecule has 0 aliphatic heterocycles. The zero-order chi connectivity index (χ0) is 15.5. The molecule has 0 bridgehead atoms. The highest BCUT2D eigenvalue weighted by Crippen LogP contribution is 2.31. The maximum Gasteiger partial charge on any atom is 0.315 e. The van der Waals surface area contributed by atoms with Crippen molar-refractivity contribution in [3.8, 4) is 0 Å². The van der Waals surface area contributed by atoms with Gasteiger partial charge in [0, 0.05) is 11.9 Å². The highest BCUT2D eigenvalue weighted by molar-refractivity contribution is 7.13. The normalized spacial score (nSPS) is 23.0. The van der Waals surface area contributed by atoms with E-state index in [9.17, 15) is 9.90 Å². The number of carbonyl (C=O) groups is 1. The van der Waals surface area contributed by atoms with Gasteiger partial charge in [-0.3, -0.25) is 4.79 Å². The Bertz CT molecular complexity index is 476. The van der Waals surface area contributed by atoms with Crippen LogP contribution in [0.4, 0.5) is 5.13 Å². The second kappa shape index (κ2) is 6.77. The van der Waals surface area contributed by atoms with Crippen molar-refractivity contribution in [2.45, 2.75) is 58.3 Å². The zero-order valence-electron chi connectivity index (χ0n) is 13.2. The van der Waals surface area contributed by atoms with E-state index in [2.05, 4.69) is 17.2 Å². The first-order valence-electron chi connectivity index (χ1n) is 7.83. The SMILES string of the molecule is CC1CCC(CCNc2nc(C(C)(C)C(=O)O)cs2)CC1. The molecule has 5 heteroatoms. The summed E-state index contributed by atoms with van der Waals surface area (Å²) in [5.74, 6) is 0.897. The Morgan fingerprint density at radius 2 is 2.10 bits per heavy atom. The molecule has 1 aromatic heterocycles. The second-order valence-electron chi connectivity index (χ2n) is 6.81. The van der Waals surface area contributed by atoms with Gasteiger partial charge < -0.3 is 10.4 Å². The number of aromatic nitrogens is 1. The lowest BCUT2D eigenvalue weighted by Gasteiger charge is -2.26. The molecule has 0 atom stereocenters. The minimum atomic E-state index is -0.921. The van der Waals surface area contributed by atoms with E-state index in [0.717, 1.165) is 23.5 Å². The summed E-state index contributed by atoms with van der Waals surface area (Å²) in [5, 5.41) is 15.2. The number of hydrogen-bond donors (Lipinski definition) is 2. The lowest BCUT2D eigenvalue weighted by Crippen LogP contribution is -2.28. The molecule has 0 unspecified atom stereocenters. The summed E-state index contributed by atoms with van der Waals surface area (Å²) in [7, 11) is 0. The number of carboxylic acid groups (broad SMARTS) is 1. The predicted molar refractivity (Wildman–Crippen MR) is 87.0 cm³/mol. The van der Waals surface area contributed by atoms with Crippen LogP contribution in [-0.2, 0) is 10.2 Å². The molecule has 1 aliphatic rings. The highest BCUT2D eigenvalue weighted by Gasteiger charge is 2.32. The number of nitrogens with one attached hydrogen (secondary N) is 1. The monoisotopic (exact) mass is 310 g/mol. The summed E-state index contributed by atoms with van der Waals surface area (Å²) < 4.78 is 0. The van der Waals surface area contributed by atoms with Gasteiger partial charge in [0.05, 0.1) is 5.69 Å². The van der Waals surface area contributed by atoms with Crippen LogP contribution in [0.25, 0.3) is 0 Å². The van der Waals surface area contributed by atoms with Crippen LogP contribution < -0.4 is 5.32 Å². The number of aliphatic carboxylic acids is 1. The fraction of sp³-hybridized carbons (Fsp3) is 0.750. The molecule has 21 heavy (non-hydrogen) atoms. The van der Waals surface area contributed by atoms with Crippen LogP contribution in [0.3, 0.4) is 0 Å².